The Morgan fingerprint density at radius 2 is 1.91 bits per heavy atom. The maximum atomic E-state index is 13.7. The lowest BCUT2D eigenvalue weighted by Gasteiger charge is -2.20. The molecule has 0 atom stereocenters. The molecule has 1 amide bonds. The first-order valence-corrected chi connectivity index (χ1v) is 10.5. The average Bonchev–Trinajstić information content (AvgIpc) is 3.45. The third kappa shape index (κ3) is 5.17. The zero-order valence-corrected chi connectivity index (χ0v) is 19.2. The number of thiazole rings is 1. The molecule has 4 aromatic rings. The van der Waals surface area contributed by atoms with Crippen molar-refractivity contribution in [3.05, 3.63) is 66.5 Å². The van der Waals surface area contributed by atoms with E-state index in [1.165, 1.54) is 37.7 Å². The van der Waals surface area contributed by atoms with Crippen LogP contribution in [0.2, 0.25) is 0 Å². The topological polar surface area (TPSA) is 69.5 Å². The van der Waals surface area contributed by atoms with Crippen molar-refractivity contribution < 1.29 is 18.7 Å². The van der Waals surface area contributed by atoms with Gasteiger partial charge in [0.15, 0.2) is 5.13 Å². The molecule has 4 rings (SSSR count). The molecule has 0 aliphatic carbocycles. The van der Waals surface area contributed by atoms with Gasteiger partial charge in [0.25, 0.3) is 5.91 Å². The second-order valence-electron chi connectivity index (χ2n) is 6.82. The number of halogens is 2. The highest BCUT2D eigenvalue weighted by Crippen LogP contribution is 2.31. The van der Waals surface area contributed by atoms with Gasteiger partial charge in [-0.25, -0.2) is 14.4 Å². The van der Waals surface area contributed by atoms with E-state index in [2.05, 4.69) is 9.97 Å². The van der Waals surface area contributed by atoms with E-state index in [1.54, 1.807) is 41.7 Å². The van der Waals surface area contributed by atoms with Crippen molar-refractivity contribution in [2.24, 2.45) is 0 Å². The van der Waals surface area contributed by atoms with E-state index in [0.29, 0.717) is 51.9 Å². The van der Waals surface area contributed by atoms with Crippen molar-refractivity contribution in [2.75, 3.05) is 25.7 Å². The van der Waals surface area contributed by atoms with Crippen LogP contribution in [-0.4, -0.2) is 41.2 Å². The molecule has 10 heteroatoms. The number of aromatic nitrogens is 3. The monoisotopic (exact) mass is 476 g/mol. The van der Waals surface area contributed by atoms with Crippen LogP contribution in [0.25, 0.3) is 10.2 Å². The molecular weight excluding hydrogens is 455 g/mol. The molecule has 0 fully saturated rings. The third-order valence-electron chi connectivity index (χ3n) is 4.77. The Bertz CT molecular complexity index is 1180. The molecular formula is C22H22ClFN4O3S. The number of amides is 1. The zero-order valence-electron chi connectivity index (χ0n) is 17.5. The lowest BCUT2D eigenvalue weighted by molar-refractivity contribution is 0.0985. The summed E-state index contributed by atoms with van der Waals surface area (Å²) in [7, 11) is 3.07. The van der Waals surface area contributed by atoms with E-state index in [1.807, 2.05) is 10.8 Å². The minimum absolute atomic E-state index is 0. The van der Waals surface area contributed by atoms with Gasteiger partial charge in [-0.3, -0.25) is 9.69 Å². The first-order valence-electron chi connectivity index (χ1n) is 9.64. The third-order valence-corrected chi connectivity index (χ3v) is 5.81. The highest BCUT2D eigenvalue weighted by molar-refractivity contribution is 7.22. The lowest BCUT2D eigenvalue weighted by Crippen LogP contribution is -2.32. The van der Waals surface area contributed by atoms with Crippen LogP contribution in [0, 0.1) is 5.82 Å². The summed E-state index contributed by atoms with van der Waals surface area (Å²) in [5.41, 5.74) is 1.07. The van der Waals surface area contributed by atoms with Crippen LogP contribution in [0.1, 0.15) is 16.8 Å². The predicted octanol–water partition coefficient (Wildman–Crippen LogP) is 4.81. The van der Waals surface area contributed by atoms with Crippen LogP contribution in [0.4, 0.5) is 9.52 Å². The molecule has 7 nitrogen and oxygen atoms in total. The van der Waals surface area contributed by atoms with E-state index in [9.17, 15) is 9.18 Å². The number of aryl methyl sites for hydroxylation is 1. The van der Waals surface area contributed by atoms with Gasteiger partial charge >= 0.3 is 0 Å². The van der Waals surface area contributed by atoms with Crippen molar-refractivity contribution >= 4 is 45.0 Å². The summed E-state index contributed by atoms with van der Waals surface area (Å²) in [4.78, 5) is 23.7. The van der Waals surface area contributed by atoms with Crippen molar-refractivity contribution in [1.82, 2.24) is 14.5 Å². The number of nitrogens with zero attached hydrogens (tertiary/aromatic N) is 4. The summed E-state index contributed by atoms with van der Waals surface area (Å²) >= 11 is 1.28. The SMILES string of the molecule is COc1cc(OC)cc(C(=O)N(CCCn2ccnc2)c2nc3ccc(F)cc3s2)c1.Cl. The first kappa shape index (κ1) is 23.5. The number of ether oxygens (including phenoxy) is 2. The largest absolute Gasteiger partial charge is 0.497 e. The Hall–Kier alpha value is -3.17. The van der Waals surface area contributed by atoms with Crippen molar-refractivity contribution in [1.29, 1.82) is 0 Å². The number of carbonyl (C=O) groups is 1. The smallest absolute Gasteiger partial charge is 0.260 e. The fourth-order valence-corrected chi connectivity index (χ4v) is 4.22. The van der Waals surface area contributed by atoms with Crippen molar-refractivity contribution in [3.8, 4) is 11.5 Å². The summed E-state index contributed by atoms with van der Waals surface area (Å²) in [5.74, 6) is 0.473. The second kappa shape index (κ2) is 10.4. The summed E-state index contributed by atoms with van der Waals surface area (Å²) < 4.78 is 26.9. The summed E-state index contributed by atoms with van der Waals surface area (Å²) in [6.07, 6.45) is 6.01. The highest BCUT2D eigenvalue weighted by atomic mass is 35.5. The molecule has 2 aromatic carbocycles. The van der Waals surface area contributed by atoms with Crippen LogP contribution in [0.5, 0.6) is 11.5 Å². The van der Waals surface area contributed by atoms with Gasteiger partial charge in [0.05, 0.1) is 30.8 Å². The van der Waals surface area contributed by atoms with Gasteiger partial charge in [0.2, 0.25) is 0 Å². The molecule has 32 heavy (non-hydrogen) atoms. The fourth-order valence-electron chi connectivity index (χ4n) is 3.20. The number of hydrogen-bond donors (Lipinski definition) is 0. The van der Waals surface area contributed by atoms with Gasteiger partial charge in [-0.15, -0.1) is 12.4 Å². The first-order chi connectivity index (χ1) is 15.1. The average molecular weight is 477 g/mol. The minimum atomic E-state index is -0.335. The quantitative estimate of drug-likeness (QED) is 0.365. The lowest BCUT2D eigenvalue weighted by atomic mass is 10.1. The number of fused-ring (bicyclic) bond motifs is 1. The number of carbonyl (C=O) groups excluding carboxylic acids is 1. The van der Waals surface area contributed by atoms with Gasteiger partial charge in [-0.05, 0) is 36.8 Å². The van der Waals surface area contributed by atoms with E-state index in [4.69, 9.17) is 9.47 Å². The molecule has 168 valence electrons. The molecule has 2 aromatic heterocycles. The zero-order chi connectivity index (χ0) is 21.8. The summed E-state index contributed by atoms with van der Waals surface area (Å²) in [6.45, 7) is 1.13. The Balaban J connectivity index is 0.00000289. The van der Waals surface area contributed by atoms with Gasteiger partial charge < -0.3 is 14.0 Å². The second-order valence-corrected chi connectivity index (χ2v) is 7.83. The van der Waals surface area contributed by atoms with Gasteiger partial charge in [0, 0.05) is 37.1 Å². The van der Waals surface area contributed by atoms with E-state index in [0.717, 1.165) is 0 Å². The van der Waals surface area contributed by atoms with Crippen LogP contribution >= 0.6 is 23.7 Å². The molecule has 0 bridgehead atoms. The standard InChI is InChI=1S/C22H21FN4O3S.ClH/c1-29-17-10-15(11-18(13-17)30-2)21(28)27(8-3-7-26-9-6-24-14-26)22-25-19-5-4-16(23)12-20(19)31-22;/h4-6,9-14H,3,7-8H2,1-2H3;1H. The predicted molar refractivity (Wildman–Crippen MR) is 125 cm³/mol. The maximum Gasteiger partial charge on any atom is 0.260 e. The number of hydrogen-bond acceptors (Lipinski definition) is 6. The van der Waals surface area contributed by atoms with Crippen LogP contribution in [-0.2, 0) is 6.54 Å². The molecule has 0 saturated carbocycles. The molecule has 0 aliphatic heterocycles. The Morgan fingerprint density at radius 1 is 1.16 bits per heavy atom. The molecule has 0 aliphatic rings. The number of benzene rings is 2. The van der Waals surface area contributed by atoms with E-state index >= 15 is 0 Å². The van der Waals surface area contributed by atoms with Crippen molar-refractivity contribution in [3.63, 3.8) is 0 Å². The van der Waals surface area contributed by atoms with Gasteiger partial charge in [-0.2, -0.15) is 0 Å². The summed E-state index contributed by atoms with van der Waals surface area (Å²) in [6, 6.07) is 9.46. The fraction of sp³-hybridized carbons (Fsp3) is 0.227. The number of rotatable bonds is 8. The van der Waals surface area contributed by atoms with Gasteiger partial charge in [-0.1, -0.05) is 11.3 Å². The van der Waals surface area contributed by atoms with Crippen LogP contribution in [0.3, 0.4) is 0 Å². The molecule has 0 unspecified atom stereocenters. The Labute approximate surface area is 194 Å². The summed E-state index contributed by atoms with van der Waals surface area (Å²) in [5, 5.41) is 0.512. The molecule has 0 N–H and O–H groups in total. The molecule has 2 heterocycles. The van der Waals surface area contributed by atoms with Crippen molar-refractivity contribution in [2.45, 2.75) is 13.0 Å². The molecule has 0 spiro atoms. The minimum Gasteiger partial charge on any atom is -0.497 e. The van der Waals surface area contributed by atoms with Crippen LogP contribution in [0.15, 0.2) is 55.1 Å². The van der Waals surface area contributed by atoms with Gasteiger partial charge in [0.1, 0.15) is 17.3 Å². The normalized spacial score (nSPS) is 10.6. The number of anilines is 1. The molecule has 0 saturated heterocycles. The molecule has 0 radical (unpaired) electrons. The van der Waals surface area contributed by atoms with E-state index in [-0.39, 0.29) is 24.1 Å². The Morgan fingerprint density at radius 3 is 2.56 bits per heavy atom. The highest BCUT2D eigenvalue weighted by Gasteiger charge is 2.22. The van der Waals surface area contributed by atoms with Crippen LogP contribution < -0.4 is 14.4 Å². The number of methoxy groups -OCH3 is 2. The maximum absolute atomic E-state index is 13.7. The van der Waals surface area contributed by atoms with E-state index < -0.39 is 0 Å². The number of imidazole rings is 1. The Kier molecular flexibility index (Phi) is 7.66.